The minimum atomic E-state index is 0.326. The van der Waals surface area contributed by atoms with Crippen LogP contribution >= 0.6 is 23.2 Å². The monoisotopic (exact) mass is 171 g/mol. The molecule has 0 spiro atoms. The van der Waals surface area contributed by atoms with Crippen LogP contribution in [0.2, 0.25) is 10.0 Å². The van der Waals surface area contributed by atoms with Crippen LogP contribution in [0, 0.1) is 11.3 Å². The summed E-state index contributed by atoms with van der Waals surface area (Å²) in [4.78, 5) is 0. The second kappa shape index (κ2) is 2.92. The Kier molecular flexibility index (Phi) is 2.16. The lowest BCUT2D eigenvalue weighted by atomic mass is 10.2. The molecular formula is C7H3Cl2N. The van der Waals surface area contributed by atoms with Crippen molar-refractivity contribution in [1.29, 1.82) is 5.26 Å². The van der Waals surface area contributed by atoms with E-state index >= 15 is 0 Å². The average molecular weight is 172 g/mol. The highest BCUT2D eigenvalue weighted by Gasteiger charge is 2.00. The molecule has 0 aliphatic heterocycles. The Balaban J connectivity index is 3.31. The van der Waals surface area contributed by atoms with Crippen LogP contribution in [0.3, 0.4) is 0 Å². The van der Waals surface area contributed by atoms with Crippen molar-refractivity contribution in [3.63, 3.8) is 0 Å². The predicted octanol–water partition coefficient (Wildman–Crippen LogP) is 2.87. The molecule has 0 fully saturated rings. The molecule has 0 aromatic heterocycles. The van der Waals surface area contributed by atoms with Crippen LogP contribution in [-0.2, 0) is 0 Å². The van der Waals surface area contributed by atoms with E-state index in [9.17, 15) is 0 Å². The lowest BCUT2D eigenvalue weighted by molar-refractivity contribution is 1.48. The maximum absolute atomic E-state index is 8.45. The van der Waals surface area contributed by atoms with E-state index in [1.807, 2.05) is 6.07 Å². The molecular weight excluding hydrogens is 169 g/mol. The SMILES string of the molecule is N#Cc1cccc(Cl)c1Cl. The smallest absolute Gasteiger partial charge is 0.101 e. The summed E-state index contributed by atoms with van der Waals surface area (Å²) < 4.78 is 0. The van der Waals surface area contributed by atoms with Crippen LogP contribution < -0.4 is 0 Å². The van der Waals surface area contributed by atoms with Gasteiger partial charge in [-0.25, -0.2) is 0 Å². The van der Waals surface area contributed by atoms with E-state index in [-0.39, 0.29) is 0 Å². The number of hydrogen-bond acceptors (Lipinski definition) is 1. The van der Waals surface area contributed by atoms with E-state index in [0.717, 1.165) is 0 Å². The summed E-state index contributed by atoms with van der Waals surface area (Å²) in [6, 6.07) is 6.87. The van der Waals surface area contributed by atoms with E-state index in [4.69, 9.17) is 28.5 Å². The first kappa shape index (κ1) is 7.40. The van der Waals surface area contributed by atoms with Gasteiger partial charge >= 0.3 is 0 Å². The predicted molar refractivity (Wildman–Crippen MR) is 41.2 cm³/mol. The quantitative estimate of drug-likeness (QED) is 0.590. The zero-order valence-electron chi connectivity index (χ0n) is 4.94. The van der Waals surface area contributed by atoms with Crippen molar-refractivity contribution in [1.82, 2.24) is 0 Å². The minimum Gasteiger partial charge on any atom is -0.192 e. The van der Waals surface area contributed by atoms with Gasteiger partial charge in [0.05, 0.1) is 15.6 Å². The first-order valence-electron chi connectivity index (χ1n) is 2.60. The van der Waals surface area contributed by atoms with Crippen molar-refractivity contribution in [2.45, 2.75) is 0 Å². The molecule has 0 atom stereocenters. The molecule has 50 valence electrons. The van der Waals surface area contributed by atoms with E-state index in [1.54, 1.807) is 18.2 Å². The van der Waals surface area contributed by atoms with Crippen LogP contribution in [0.5, 0.6) is 0 Å². The Morgan fingerprint density at radius 1 is 1.30 bits per heavy atom. The van der Waals surface area contributed by atoms with Gasteiger partial charge in [0.2, 0.25) is 0 Å². The molecule has 0 aliphatic carbocycles. The number of nitrogens with zero attached hydrogens (tertiary/aromatic N) is 1. The Morgan fingerprint density at radius 3 is 2.50 bits per heavy atom. The summed E-state index contributed by atoms with van der Waals surface area (Å²) in [5.74, 6) is 0. The van der Waals surface area contributed by atoms with Crippen molar-refractivity contribution in [2.75, 3.05) is 0 Å². The maximum Gasteiger partial charge on any atom is 0.101 e. The van der Waals surface area contributed by atoms with Crippen LogP contribution in [0.25, 0.3) is 0 Å². The molecule has 0 N–H and O–H groups in total. The molecule has 0 radical (unpaired) electrons. The van der Waals surface area contributed by atoms with Gasteiger partial charge < -0.3 is 0 Å². The fourth-order valence-electron chi connectivity index (χ4n) is 0.590. The average Bonchev–Trinajstić information content (AvgIpc) is 1.95. The van der Waals surface area contributed by atoms with Crippen molar-refractivity contribution in [2.24, 2.45) is 0 Å². The molecule has 0 heterocycles. The molecule has 10 heavy (non-hydrogen) atoms. The molecule has 0 amide bonds. The number of nitriles is 1. The summed E-state index contributed by atoms with van der Waals surface area (Å²) >= 11 is 11.2. The normalized spacial score (nSPS) is 8.90. The van der Waals surface area contributed by atoms with Crippen LogP contribution in [0.15, 0.2) is 18.2 Å². The van der Waals surface area contributed by atoms with E-state index in [2.05, 4.69) is 0 Å². The Morgan fingerprint density at radius 2 is 2.00 bits per heavy atom. The van der Waals surface area contributed by atoms with E-state index in [0.29, 0.717) is 15.6 Å². The molecule has 1 aromatic rings. The number of hydrogen-bond donors (Lipinski definition) is 0. The number of benzene rings is 1. The van der Waals surface area contributed by atoms with Gasteiger partial charge in [-0.2, -0.15) is 5.26 Å². The van der Waals surface area contributed by atoms with Gasteiger partial charge in [0.25, 0.3) is 0 Å². The third-order valence-electron chi connectivity index (χ3n) is 1.07. The lowest BCUT2D eigenvalue weighted by Crippen LogP contribution is -1.75. The molecule has 0 unspecified atom stereocenters. The van der Waals surface area contributed by atoms with Gasteiger partial charge in [-0.15, -0.1) is 0 Å². The zero-order chi connectivity index (χ0) is 7.56. The van der Waals surface area contributed by atoms with Gasteiger partial charge in [0.15, 0.2) is 0 Å². The van der Waals surface area contributed by atoms with Crippen LogP contribution in [0.4, 0.5) is 0 Å². The number of halogens is 2. The van der Waals surface area contributed by atoms with Crippen LogP contribution in [-0.4, -0.2) is 0 Å². The highest BCUT2D eigenvalue weighted by atomic mass is 35.5. The van der Waals surface area contributed by atoms with Gasteiger partial charge in [-0.05, 0) is 12.1 Å². The first-order chi connectivity index (χ1) is 4.75. The molecule has 1 aromatic carbocycles. The second-order valence-corrected chi connectivity index (χ2v) is 2.50. The highest BCUT2D eigenvalue weighted by molar-refractivity contribution is 6.42. The molecule has 3 heteroatoms. The van der Waals surface area contributed by atoms with Crippen molar-refractivity contribution < 1.29 is 0 Å². The fraction of sp³-hybridized carbons (Fsp3) is 0. The first-order valence-corrected chi connectivity index (χ1v) is 3.35. The Bertz CT molecular complexity index is 288. The molecule has 0 aliphatic rings. The molecule has 1 rings (SSSR count). The fourth-order valence-corrected chi connectivity index (χ4v) is 0.933. The van der Waals surface area contributed by atoms with Gasteiger partial charge in [-0.1, -0.05) is 29.3 Å². The number of rotatable bonds is 0. The molecule has 0 saturated heterocycles. The van der Waals surface area contributed by atoms with E-state index in [1.165, 1.54) is 0 Å². The largest absolute Gasteiger partial charge is 0.192 e. The third-order valence-corrected chi connectivity index (χ3v) is 1.89. The summed E-state index contributed by atoms with van der Waals surface area (Å²) in [5.41, 5.74) is 0.411. The maximum atomic E-state index is 8.45. The second-order valence-electron chi connectivity index (χ2n) is 1.71. The summed E-state index contributed by atoms with van der Waals surface area (Å²) in [6.45, 7) is 0. The summed E-state index contributed by atoms with van der Waals surface area (Å²) in [6.07, 6.45) is 0. The standard InChI is InChI=1S/C7H3Cl2N/c8-6-3-1-2-5(4-10)7(6)9/h1-3H. The highest BCUT2D eigenvalue weighted by Crippen LogP contribution is 2.24. The van der Waals surface area contributed by atoms with Crippen LogP contribution in [0.1, 0.15) is 5.56 Å². The minimum absolute atomic E-state index is 0.326. The van der Waals surface area contributed by atoms with E-state index < -0.39 is 0 Å². The molecule has 1 nitrogen and oxygen atoms in total. The van der Waals surface area contributed by atoms with Crippen molar-refractivity contribution >= 4 is 23.2 Å². The summed E-state index contributed by atoms with van der Waals surface area (Å²) in [7, 11) is 0. The Hall–Kier alpha value is -0.710. The topological polar surface area (TPSA) is 23.8 Å². The van der Waals surface area contributed by atoms with Gasteiger partial charge in [0.1, 0.15) is 6.07 Å². The zero-order valence-corrected chi connectivity index (χ0v) is 6.45. The molecule has 0 bridgehead atoms. The van der Waals surface area contributed by atoms with Gasteiger partial charge in [-0.3, -0.25) is 0 Å². The van der Waals surface area contributed by atoms with Crippen molar-refractivity contribution in [3.05, 3.63) is 33.8 Å². The Labute approximate surface area is 68.8 Å². The van der Waals surface area contributed by atoms with Crippen molar-refractivity contribution in [3.8, 4) is 6.07 Å². The van der Waals surface area contributed by atoms with Gasteiger partial charge in [0, 0.05) is 0 Å². The third kappa shape index (κ3) is 1.23. The summed E-state index contributed by atoms with van der Waals surface area (Å²) in [5, 5.41) is 9.19. The molecule has 0 saturated carbocycles. The lowest BCUT2D eigenvalue weighted by Gasteiger charge is -1.94.